The van der Waals surface area contributed by atoms with Crippen LogP contribution < -0.4 is 5.32 Å². The van der Waals surface area contributed by atoms with E-state index in [0.717, 1.165) is 17.5 Å². The lowest BCUT2D eigenvalue weighted by atomic mass is 9.52. The van der Waals surface area contributed by atoms with Crippen molar-refractivity contribution < 1.29 is 0 Å². The van der Waals surface area contributed by atoms with Gasteiger partial charge in [-0.05, 0) is 66.7 Å². The summed E-state index contributed by atoms with van der Waals surface area (Å²) in [7, 11) is 0. The van der Waals surface area contributed by atoms with Crippen molar-refractivity contribution in [1.29, 1.82) is 0 Å². The lowest BCUT2D eigenvalue weighted by Crippen LogP contribution is -2.50. The molecule has 1 saturated carbocycles. The molecule has 2 heteroatoms. The smallest absolute Gasteiger partial charge is 0.0408 e. The molecule has 1 aliphatic heterocycles. The summed E-state index contributed by atoms with van der Waals surface area (Å²) in [5.41, 5.74) is 2.40. The Hall–Kier alpha value is -0.530. The summed E-state index contributed by atoms with van der Waals surface area (Å²) >= 11 is 6.25. The molecule has 116 valence electrons. The molecular weight excluding hydrogens is 278 g/mol. The third kappa shape index (κ3) is 2.87. The van der Waals surface area contributed by atoms with Crippen molar-refractivity contribution in [1.82, 2.24) is 5.32 Å². The molecule has 0 aromatic heterocycles. The molecule has 3 atom stereocenters. The lowest BCUT2D eigenvalue weighted by Gasteiger charge is -2.55. The topological polar surface area (TPSA) is 12.0 Å². The second-order valence-electron chi connectivity index (χ2n) is 8.06. The molecule has 3 rings (SSSR count). The van der Waals surface area contributed by atoms with E-state index in [-0.39, 0.29) is 0 Å². The fraction of sp³-hybridized carbons (Fsp3) is 0.684. The van der Waals surface area contributed by atoms with Gasteiger partial charge in [-0.25, -0.2) is 0 Å². The molecule has 2 aliphatic rings. The monoisotopic (exact) mass is 305 g/mol. The van der Waals surface area contributed by atoms with Gasteiger partial charge in [-0.15, -0.1) is 0 Å². The van der Waals surface area contributed by atoms with Gasteiger partial charge in [-0.2, -0.15) is 0 Å². The number of benzene rings is 1. The largest absolute Gasteiger partial charge is 0.316 e. The fourth-order valence-electron chi connectivity index (χ4n) is 4.96. The summed E-state index contributed by atoms with van der Waals surface area (Å²) < 4.78 is 0. The highest BCUT2D eigenvalue weighted by molar-refractivity contribution is 6.30. The van der Waals surface area contributed by atoms with Gasteiger partial charge in [0.1, 0.15) is 0 Å². The average molecular weight is 306 g/mol. The molecule has 0 amide bonds. The molecule has 0 bridgehead atoms. The van der Waals surface area contributed by atoms with Crippen LogP contribution in [-0.2, 0) is 0 Å². The van der Waals surface area contributed by atoms with Crippen molar-refractivity contribution in [3.8, 4) is 0 Å². The molecule has 1 aromatic carbocycles. The highest BCUT2D eigenvalue weighted by Crippen LogP contribution is 2.57. The van der Waals surface area contributed by atoms with E-state index < -0.39 is 0 Å². The van der Waals surface area contributed by atoms with Crippen molar-refractivity contribution in [2.24, 2.45) is 16.7 Å². The van der Waals surface area contributed by atoms with Crippen molar-refractivity contribution in [3.63, 3.8) is 0 Å². The normalized spacial score (nSPS) is 35.8. The van der Waals surface area contributed by atoms with Gasteiger partial charge in [0.05, 0.1) is 0 Å². The van der Waals surface area contributed by atoms with Gasteiger partial charge in [0, 0.05) is 17.5 Å². The Labute approximate surface area is 134 Å². The number of hydrogen-bond donors (Lipinski definition) is 1. The molecule has 1 heterocycles. The number of nitrogens with one attached hydrogen (secondary N) is 1. The Bertz CT molecular complexity index is 510. The van der Waals surface area contributed by atoms with E-state index in [4.69, 9.17) is 11.6 Å². The van der Waals surface area contributed by atoms with Crippen LogP contribution in [0.15, 0.2) is 24.3 Å². The Kier molecular flexibility index (Phi) is 4.09. The standard InChI is InChI=1S/C19H28ClN/c1-14-12-18(2,3)7-8-19(14)9-10-21-13-17(19)15-5-4-6-16(20)11-15/h4-6,11,14,17,21H,7-10,12-13H2,1-3H3. The Morgan fingerprint density at radius 2 is 2.00 bits per heavy atom. The number of piperidine rings is 1. The summed E-state index contributed by atoms with van der Waals surface area (Å²) in [4.78, 5) is 0. The summed E-state index contributed by atoms with van der Waals surface area (Å²) in [5.74, 6) is 1.39. The van der Waals surface area contributed by atoms with Crippen LogP contribution in [0.2, 0.25) is 5.02 Å². The van der Waals surface area contributed by atoms with Crippen LogP contribution in [0, 0.1) is 16.7 Å². The second kappa shape index (κ2) is 5.59. The van der Waals surface area contributed by atoms with E-state index in [1.165, 1.54) is 37.8 Å². The molecule has 1 N–H and O–H groups in total. The first kappa shape index (κ1) is 15.4. The van der Waals surface area contributed by atoms with Crippen molar-refractivity contribution in [2.45, 2.75) is 52.4 Å². The quantitative estimate of drug-likeness (QED) is 0.747. The fourth-order valence-corrected chi connectivity index (χ4v) is 5.16. The first-order chi connectivity index (χ1) is 9.93. The lowest BCUT2D eigenvalue weighted by molar-refractivity contribution is -0.00701. The minimum absolute atomic E-state index is 0.464. The predicted octanol–water partition coefficient (Wildman–Crippen LogP) is 5.25. The zero-order valence-corrected chi connectivity index (χ0v) is 14.3. The van der Waals surface area contributed by atoms with Crippen molar-refractivity contribution in [3.05, 3.63) is 34.9 Å². The molecule has 1 nitrogen and oxygen atoms in total. The maximum atomic E-state index is 6.25. The molecule has 1 saturated heterocycles. The molecule has 1 aromatic rings. The van der Waals surface area contributed by atoms with Crippen LogP contribution in [-0.4, -0.2) is 13.1 Å². The molecule has 21 heavy (non-hydrogen) atoms. The van der Waals surface area contributed by atoms with Gasteiger partial charge in [-0.1, -0.05) is 44.5 Å². The van der Waals surface area contributed by atoms with Crippen LogP contribution in [0.5, 0.6) is 0 Å². The van der Waals surface area contributed by atoms with E-state index in [2.05, 4.69) is 44.3 Å². The minimum atomic E-state index is 0.464. The molecule has 3 unspecified atom stereocenters. The molecule has 0 radical (unpaired) electrons. The summed E-state index contributed by atoms with van der Waals surface area (Å²) in [6.07, 6.45) is 5.37. The van der Waals surface area contributed by atoms with Crippen molar-refractivity contribution in [2.75, 3.05) is 13.1 Å². The number of hydrogen-bond acceptors (Lipinski definition) is 1. The van der Waals surface area contributed by atoms with Gasteiger partial charge in [0.2, 0.25) is 0 Å². The van der Waals surface area contributed by atoms with E-state index >= 15 is 0 Å². The molecular formula is C19H28ClN. The van der Waals surface area contributed by atoms with Gasteiger partial charge in [0.25, 0.3) is 0 Å². The van der Waals surface area contributed by atoms with Crippen LogP contribution >= 0.6 is 11.6 Å². The van der Waals surface area contributed by atoms with E-state index in [0.29, 0.717) is 16.7 Å². The minimum Gasteiger partial charge on any atom is -0.316 e. The average Bonchev–Trinajstić information content (AvgIpc) is 2.44. The van der Waals surface area contributed by atoms with Crippen molar-refractivity contribution >= 4 is 11.6 Å². The van der Waals surface area contributed by atoms with Crippen LogP contribution in [0.3, 0.4) is 0 Å². The number of halogens is 1. The van der Waals surface area contributed by atoms with Gasteiger partial charge in [0.15, 0.2) is 0 Å². The molecule has 1 spiro atoms. The molecule has 2 fully saturated rings. The van der Waals surface area contributed by atoms with Gasteiger partial charge in [-0.3, -0.25) is 0 Å². The Morgan fingerprint density at radius 3 is 2.71 bits per heavy atom. The first-order valence-electron chi connectivity index (χ1n) is 8.39. The van der Waals surface area contributed by atoms with Crippen LogP contribution in [0.25, 0.3) is 0 Å². The third-order valence-electron chi connectivity index (χ3n) is 6.17. The zero-order valence-electron chi connectivity index (χ0n) is 13.6. The maximum absolute atomic E-state index is 6.25. The summed E-state index contributed by atoms with van der Waals surface area (Å²) in [5, 5.41) is 4.49. The van der Waals surface area contributed by atoms with Crippen LogP contribution in [0.4, 0.5) is 0 Å². The Morgan fingerprint density at radius 1 is 1.19 bits per heavy atom. The highest BCUT2D eigenvalue weighted by Gasteiger charge is 2.49. The summed E-state index contributed by atoms with van der Waals surface area (Å²) in [6.45, 7) is 9.63. The third-order valence-corrected chi connectivity index (χ3v) is 6.40. The number of rotatable bonds is 1. The van der Waals surface area contributed by atoms with E-state index in [1.807, 2.05) is 6.07 Å². The van der Waals surface area contributed by atoms with E-state index in [1.54, 1.807) is 0 Å². The second-order valence-corrected chi connectivity index (χ2v) is 8.50. The maximum Gasteiger partial charge on any atom is 0.0408 e. The van der Waals surface area contributed by atoms with E-state index in [9.17, 15) is 0 Å². The van der Waals surface area contributed by atoms with Gasteiger partial charge < -0.3 is 5.32 Å². The molecule has 1 aliphatic carbocycles. The highest BCUT2D eigenvalue weighted by atomic mass is 35.5. The zero-order chi connectivity index (χ0) is 15.1. The SMILES string of the molecule is CC1CC(C)(C)CCC12CCNCC2c1cccc(Cl)c1. The Balaban J connectivity index is 1.95. The summed E-state index contributed by atoms with van der Waals surface area (Å²) in [6, 6.07) is 8.56. The first-order valence-corrected chi connectivity index (χ1v) is 8.77. The predicted molar refractivity (Wildman–Crippen MR) is 90.9 cm³/mol. The van der Waals surface area contributed by atoms with Crippen LogP contribution in [0.1, 0.15) is 57.9 Å². The van der Waals surface area contributed by atoms with Gasteiger partial charge >= 0.3 is 0 Å².